The van der Waals surface area contributed by atoms with Crippen molar-refractivity contribution < 1.29 is 13.2 Å². The van der Waals surface area contributed by atoms with E-state index < -0.39 is 10.0 Å². The Labute approximate surface area is 158 Å². The Morgan fingerprint density at radius 2 is 1.96 bits per heavy atom. The van der Waals surface area contributed by atoms with E-state index in [1.165, 1.54) is 19.2 Å². The van der Waals surface area contributed by atoms with Gasteiger partial charge in [0.25, 0.3) is 5.91 Å². The minimum atomic E-state index is -3.52. The molecule has 7 nitrogen and oxygen atoms in total. The number of amides is 1. The summed E-state index contributed by atoms with van der Waals surface area (Å²) in [6, 6.07) is 10.2. The van der Waals surface area contributed by atoms with Gasteiger partial charge in [-0.2, -0.15) is 5.10 Å². The number of nitrogens with zero attached hydrogens (tertiary/aromatic N) is 1. The molecule has 130 valence electrons. The summed E-state index contributed by atoms with van der Waals surface area (Å²) < 4.78 is 26.9. The highest BCUT2D eigenvalue weighted by atomic mass is 127. The second kappa shape index (κ2) is 6.73. The van der Waals surface area contributed by atoms with Crippen molar-refractivity contribution in [2.24, 2.45) is 0 Å². The fourth-order valence-electron chi connectivity index (χ4n) is 2.40. The quantitative estimate of drug-likeness (QED) is 0.510. The molecule has 0 aliphatic heterocycles. The second-order valence-electron chi connectivity index (χ2n) is 5.40. The van der Waals surface area contributed by atoms with E-state index in [1.54, 1.807) is 13.0 Å². The maximum absolute atomic E-state index is 12.6. The lowest BCUT2D eigenvalue weighted by atomic mass is 10.1. The Morgan fingerprint density at radius 1 is 1.20 bits per heavy atom. The maximum atomic E-state index is 12.6. The Bertz CT molecular complexity index is 1080. The number of halogens is 1. The molecule has 1 amide bonds. The molecule has 3 N–H and O–H groups in total. The minimum absolute atomic E-state index is 0.144. The SMILES string of the molecule is CNS(=O)(=O)c1ccc(NC(=O)c2n[nH]c3ccc(I)cc23)c(C)c1. The van der Waals surface area contributed by atoms with E-state index in [-0.39, 0.29) is 10.8 Å². The largest absolute Gasteiger partial charge is 0.320 e. The van der Waals surface area contributed by atoms with Crippen LogP contribution in [0.15, 0.2) is 41.3 Å². The van der Waals surface area contributed by atoms with Crippen LogP contribution in [0.5, 0.6) is 0 Å². The summed E-state index contributed by atoms with van der Waals surface area (Å²) in [5.74, 6) is -0.361. The first-order valence-electron chi connectivity index (χ1n) is 7.31. The summed E-state index contributed by atoms with van der Waals surface area (Å²) in [7, 11) is -2.17. The number of nitrogens with one attached hydrogen (secondary N) is 3. The fraction of sp³-hybridized carbons (Fsp3) is 0.125. The highest BCUT2D eigenvalue weighted by Gasteiger charge is 2.17. The first-order chi connectivity index (χ1) is 11.8. The highest BCUT2D eigenvalue weighted by molar-refractivity contribution is 14.1. The van der Waals surface area contributed by atoms with Gasteiger partial charge in [-0.1, -0.05) is 0 Å². The summed E-state index contributed by atoms with van der Waals surface area (Å²) in [5.41, 5.74) is 2.23. The molecular weight excluding hydrogens is 455 g/mol. The molecule has 3 aromatic rings. The number of fused-ring (bicyclic) bond motifs is 1. The predicted octanol–water partition coefficient (Wildman–Crippen LogP) is 2.64. The van der Waals surface area contributed by atoms with Crippen LogP contribution >= 0.6 is 22.6 Å². The molecule has 0 saturated heterocycles. The molecule has 0 aliphatic carbocycles. The van der Waals surface area contributed by atoms with E-state index in [0.717, 1.165) is 14.5 Å². The Morgan fingerprint density at radius 3 is 2.64 bits per heavy atom. The summed E-state index contributed by atoms with van der Waals surface area (Å²) in [5, 5.41) is 10.4. The topological polar surface area (TPSA) is 104 Å². The average Bonchev–Trinajstić information content (AvgIpc) is 2.99. The van der Waals surface area contributed by atoms with Gasteiger partial charge in [0.05, 0.1) is 10.4 Å². The zero-order valence-electron chi connectivity index (χ0n) is 13.4. The molecule has 0 spiro atoms. The first kappa shape index (κ1) is 17.8. The number of aromatic amines is 1. The molecule has 2 aromatic carbocycles. The van der Waals surface area contributed by atoms with Gasteiger partial charge in [0.1, 0.15) is 0 Å². The maximum Gasteiger partial charge on any atom is 0.276 e. The van der Waals surface area contributed by atoms with E-state index >= 15 is 0 Å². The molecule has 0 unspecified atom stereocenters. The summed E-state index contributed by atoms with van der Waals surface area (Å²) in [6.07, 6.45) is 0. The zero-order chi connectivity index (χ0) is 18.2. The van der Waals surface area contributed by atoms with Gasteiger partial charge in [-0.15, -0.1) is 0 Å². The molecule has 3 rings (SSSR count). The van der Waals surface area contributed by atoms with Gasteiger partial charge in [0.15, 0.2) is 5.69 Å². The van der Waals surface area contributed by atoms with Crippen LogP contribution in [0.1, 0.15) is 16.1 Å². The first-order valence-corrected chi connectivity index (χ1v) is 9.87. The van der Waals surface area contributed by atoms with Crippen molar-refractivity contribution in [1.29, 1.82) is 0 Å². The molecule has 1 aromatic heterocycles. The normalized spacial score (nSPS) is 11.6. The Balaban J connectivity index is 1.91. The smallest absolute Gasteiger partial charge is 0.276 e. The van der Waals surface area contributed by atoms with E-state index in [1.807, 2.05) is 18.2 Å². The number of benzene rings is 2. The van der Waals surface area contributed by atoms with Crippen molar-refractivity contribution in [2.45, 2.75) is 11.8 Å². The van der Waals surface area contributed by atoms with Crippen LogP contribution in [0.4, 0.5) is 5.69 Å². The number of carbonyl (C=O) groups is 1. The third-order valence-electron chi connectivity index (χ3n) is 3.77. The van der Waals surface area contributed by atoms with Crippen LogP contribution in [0.25, 0.3) is 10.9 Å². The van der Waals surface area contributed by atoms with Gasteiger partial charge < -0.3 is 5.32 Å². The summed E-state index contributed by atoms with van der Waals surface area (Å²) >= 11 is 2.17. The molecule has 0 fully saturated rings. The number of aryl methyl sites for hydroxylation is 1. The minimum Gasteiger partial charge on any atom is -0.320 e. The number of hydrogen-bond acceptors (Lipinski definition) is 4. The molecule has 0 radical (unpaired) electrons. The molecule has 1 heterocycles. The molecule has 25 heavy (non-hydrogen) atoms. The number of hydrogen-bond donors (Lipinski definition) is 3. The van der Waals surface area contributed by atoms with Crippen molar-refractivity contribution in [2.75, 3.05) is 12.4 Å². The molecule has 0 saturated carbocycles. The lowest BCUT2D eigenvalue weighted by Crippen LogP contribution is -2.19. The van der Waals surface area contributed by atoms with Crippen LogP contribution in [0.2, 0.25) is 0 Å². The molecule has 0 atom stereocenters. The zero-order valence-corrected chi connectivity index (χ0v) is 16.4. The molecular formula is C16H15IN4O3S. The van der Waals surface area contributed by atoms with Crippen LogP contribution in [0.3, 0.4) is 0 Å². The van der Waals surface area contributed by atoms with Gasteiger partial charge in [-0.3, -0.25) is 9.89 Å². The lowest BCUT2D eigenvalue weighted by Gasteiger charge is -2.10. The predicted molar refractivity (Wildman–Crippen MR) is 104 cm³/mol. The van der Waals surface area contributed by atoms with Gasteiger partial charge >= 0.3 is 0 Å². The Kier molecular flexibility index (Phi) is 4.80. The van der Waals surface area contributed by atoms with Crippen LogP contribution in [-0.4, -0.2) is 31.6 Å². The van der Waals surface area contributed by atoms with E-state index in [4.69, 9.17) is 0 Å². The number of sulfonamides is 1. The second-order valence-corrected chi connectivity index (χ2v) is 8.53. The number of rotatable bonds is 4. The summed E-state index contributed by atoms with van der Waals surface area (Å²) in [6.45, 7) is 1.73. The fourth-order valence-corrected chi connectivity index (χ4v) is 3.71. The van der Waals surface area contributed by atoms with Crippen LogP contribution < -0.4 is 10.0 Å². The third-order valence-corrected chi connectivity index (χ3v) is 5.85. The average molecular weight is 470 g/mol. The lowest BCUT2D eigenvalue weighted by molar-refractivity contribution is 0.102. The van der Waals surface area contributed by atoms with Gasteiger partial charge in [0.2, 0.25) is 10.0 Å². The third kappa shape index (κ3) is 3.53. The number of carbonyl (C=O) groups excluding carboxylic acids is 1. The number of aromatic nitrogens is 2. The number of H-pyrrole nitrogens is 1. The Hall–Kier alpha value is -1.98. The van der Waals surface area contributed by atoms with Crippen LogP contribution in [0, 0.1) is 10.5 Å². The monoisotopic (exact) mass is 470 g/mol. The van der Waals surface area contributed by atoms with E-state index in [9.17, 15) is 13.2 Å². The van der Waals surface area contributed by atoms with Crippen molar-refractivity contribution in [3.63, 3.8) is 0 Å². The standard InChI is InChI=1S/C16H15IN4O3S/c1-9-7-11(25(23,24)18-2)4-6-13(9)19-16(22)15-12-8-10(17)3-5-14(12)20-21-15/h3-8,18H,1-2H3,(H,19,22)(H,20,21). The summed E-state index contributed by atoms with van der Waals surface area (Å²) in [4.78, 5) is 12.7. The van der Waals surface area contributed by atoms with Crippen molar-refractivity contribution in [3.05, 3.63) is 51.2 Å². The number of anilines is 1. The van der Waals surface area contributed by atoms with Crippen LogP contribution in [-0.2, 0) is 10.0 Å². The van der Waals surface area contributed by atoms with Crippen molar-refractivity contribution >= 4 is 55.1 Å². The van der Waals surface area contributed by atoms with Gasteiger partial charge in [0, 0.05) is 14.6 Å². The van der Waals surface area contributed by atoms with E-state index in [2.05, 4.69) is 42.8 Å². The van der Waals surface area contributed by atoms with Gasteiger partial charge in [-0.25, -0.2) is 13.1 Å². The van der Waals surface area contributed by atoms with Crippen molar-refractivity contribution in [1.82, 2.24) is 14.9 Å². The van der Waals surface area contributed by atoms with Crippen molar-refractivity contribution in [3.8, 4) is 0 Å². The van der Waals surface area contributed by atoms with Gasteiger partial charge in [-0.05, 0) is 78.5 Å². The van der Waals surface area contributed by atoms with E-state index in [0.29, 0.717) is 16.9 Å². The molecule has 0 aliphatic rings. The molecule has 9 heteroatoms. The molecule has 0 bridgehead atoms. The highest BCUT2D eigenvalue weighted by Crippen LogP contribution is 2.23.